The predicted octanol–water partition coefficient (Wildman–Crippen LogP) is 4.04. The molecule has 0 saturated carbocycles. The molecule has 1 N–H and O–H groups in total. The number of pyridine rings is 1. The molecule has 0 bridgehead atoms. The number of nitrogens with one attached hydrogen (secondary N) is 1. The lowest BCUT2D eigenvalue weighted by molar-refractivity contribution is -0.122. The van der Waals surface area contributed by atoms with Gasteiger partial charge < -0.3 is 5.32 Å². The number of aromatic nitrogens is 2. The summed E-state index contributed by atoms with van der Waals surface area (Å²) in [5.74, 6) is 0.220. The quantitative estimate of drug-likeness (QED) is 0.325. The highest BCUT2D eigenvalue weighted by Crippen LogP contribution is 2.33. The Balaban J connectivity index is 1.69. The van der Waals surface area contributed by atoms with Gasteiger partial charge in [0.05, 0.1) is 10.5 Å². The SMILES string of the molecule is C=CCNc1nc2c(C)cccn2c(=O)c1/C=C1/SC(=S)N(CCc2ccccc2)C1=O. The normalized spacial score (nSPS) is 15.0. The smallest absolute Gasteiger partial charge is 0.267 e. The van der Waals surface area contributed by atoms with Gasteiger partial charge in [0.1, 0.15) is 15.8 Å². The van der Waals surface area contributed by atoms with Crippen LogP contribution in [0.25, 0.3) is 11.7 Å². The minimum Gasteiger partial charge on any atom is -0.366 e. The predicted molar refractivity (Wildman–Crippen MR) is 135 cm³/mol. The second-order valence-corrected chi connectivity index (χ2v) is 8.98. The molecular weight excluding hydrogens is 440 g/mol. The maximum absolute atomic E-state index is 13.3. The molecular formula is C24H22N4O2S2. The van der Waals surface area contributed by atoms with E-state index in [9.17, 15) is 9.59 Å². The first-order valence-electron chi connectivity index (χ1n) is 10.2. The zero-order chi connectivity index (χ0) is 22.7. The minimum absolute atomic E-state index is 0.195. The highest BCUT2D eigenvalue weighted by molar-refractivity contribution is 8.26. The molecule has 0 spiro atoms. The van der Waals surface area contributed by atoms with Crippen molar-refractivity contribution >= 4 is 51.7 Å². The first-order chi connectivity index (χ1) is 15.5. The van der Waals surface area contributed by atoms with E-state index in [0.717, 1.165) is 11.1 Å². The van der Waals surface area contributed by atoms with Crippen molar-refractivity contribution in [1.82, 2.24) is 14.3 Å². The number of rotatable bonds is 7. The Kier molecular flexibility index (Phi) is 6.53. The molecule has 0 radical (unpaired) electrons. The number of hydrogen-bond acceptors (Lipinski definition) is 6. The fraction of sp³-hybridized carbons (Fsp3) is 0.167. The topological polar surface area (TPSA) is 66.7 Å². The number of nitrogens with zero attached hydrogens (tertiary/aromatic N) is 3. The van der Waals surface area contributed by atoms with E-state index in [2.05, 4.69) is 16.9 Å². The number of anilines is 1. The zero-order valence-corrected chi connectivity index (χ0v) is 19.2. The van der Waals surface area contributed by atoms with Gasteiger partial charge in [-0.2, -0.15) is 0 Å². The summed E-state index contributed by atoms with van der Waals surface area (Å²) >= 11 is 6.66. The van der Waals surface area contributed by atoms with Crippen LogP contribution in [0, 0.1) is 6.92 Å². The van der Waals surface area contributed by atoms with Crippen LogP contribution >= 0.6 is 24.0 Å². The Hall–Kier alpha value is -3.23. The molecule has 1 fully saturated rings. The average Bonchev–Trinajstić information content (AvgIpc) is 3.06. The molecule has 3 aromatic rings. The summed E-state index contributed by atoms with van der Waals surface area (Å²) in [7, 11) is 0. The Morgan fingerprint density at radius 2 is 1.97 bits per heavy atom. The summed E-state index contributed by atoms with van der Waals surface area (Å²) in [6.45, 7) is 6.54. The second-order valence-electron chi connectivity index (χ2n) is 7.30. The highest BCUT2D eigenvalue weighted by Gasteiger charge is 2.32. The third-order valence-electron chi connectivity index (χ3n) is 5.11. The van der Waals surface area contributed by atoms with Crippen molar-refractivity contribution in [1.29, 1.82) is 0 Å². The van der Waals surface area contributed by atoms with E-state index in [1.165, 1.54) is 16.2 Å². The molecule has 1 amide bonds. The van der Waals surface area contributed by atoms with Crippen molar-refractivity contribution in [3.8, 4) is 0 Å². The second kappa shape index (κ2) is 9.50. The van der Waals surface area contributed by atoms with Crippen molar-refractivity contribution in [3.63, 3.8) is 0 Å². The van der Waals surface area contributed by atoms with Gasteiger partial charge in [-0.05, 0) is 36.6 Å². The third-order valence-corrected chi connectivity index (χ3v) is 6.49. The van der Waals surface area contributed by atoms with E-state index >= 15 is 0 Å². The monoisotopic (exact) mass is 462 g/mol. The Bertz CT molecular complexity index is 1300. The number of fused-ring (bicyclic) bond motifs is 1. The number of amides is 1. The third kappa shape index (κ3) is 4.37. The van der Waals surface area contributed by atoms with E-state index in [1.54, 1.807) is 29.3 Å². The first kappa shape index (κ1) is 22.0. The van der Waals surface area contributed by atoms with Crippen LogP contribution in [0.1, 0.15) is 16.7 Å². The Labute approximate surface area is 195 Å². The summed E-state index contributed by atoms with van der Waals surface area (Å²) < 4.78 is 1.98. The number of carbonyl (C=O) groups is 1. The molecule has 1 aliphatic rings. The van der Waals surface area contributed by atoms with Crippen LogP contribution < -0.4 is 10.9 Å². The Morgan fingerprint density at radius 1 is 1.19 bits per heavy atom. The van der Waals surface area contributed by atoms with Crippen LogP contribution in [-0.4, -0.2) is 37.6 Å². The van der Waals surface area contributed by atoms with E-state index in [1.807, 2.05) is 43.3 Å². The number of aryl methyl sites for hydroxylation is 1. The van der Waals surface area contributed by atoms with Crippen molar-refractivity contribution in [3.05, 3.63) is 93.3 Å². The van der Waals surface area contributed by atoms with Crippen molar-refractivity contribution in [2.75, 3.05) is 18.4 Å². The van der Waals surface area contributed by atoms with E-state index in [4.69, 9.17) is 12.2 Å². The number of benzene rings is 1. The van der Waals surface area contributed by atoms with Gasteiger partial charge >= 0.3 is 0 Å². The van der Waals surface area contributed by atoms with E-state index < -0.39 is 0 Å². The summed E-state index contributed by atoms with van der Waals surface area (Å²) in [4.78, 5) is 33.0. The number of hydrogen-bond donors (Lipinski definition) is 1. The van der Waals surface area contributed by atoms with Crippen LogP contribution in [-0.2, 0) is 11.2 Å². The number of thiocarbonyl (C=S) groups is 1. The molecule has 2 aromatic heterocycles. The molecule has 1 aromatic carbocycles. The standard InChI is InChI=1S/C24H22N4O2S2/c1-3-12-25-20-18(22(29)27-13-7-8-16(2)21(27)26-20)15-19-23(30)28(24(31)32-19)14-11-17-9-5-4-6-10-17/h3-10,13,15,25H,1,11-12,14H2,2H3/b19-15+. The molecule has 4 rings (SSSR count). The first-order valence-corrected chi connectivity index (χ1v) is 11.4. The van der Waals surface area contributed by atoms with Gasteiger partial charge in [-0.25, -0.2) is 4.98 Å². The molecule has 0 unspecified atom stereocenters. The molecule has 8 heteroatoms. The van der Waals surface area contributed by atoms with Gasteiger partial charge in [-0.1, -0.05) is 66.5 Å². The summed E-state index contributed by atoms with van der Waals surface area (Å²) in [6.07, 6.45) is 5.66. The van der Waals surface area contributed by atoms with Gasteiger partial charge in [0.2, 0.25) is 0 Å². The van der Waals surface area contributed by atoms with Gasteiger partial charge in [-0.15, -0.1) is 6.58 Å². The van der Waals surface area contributed by atoms with Crippen molar-refractivity contribution in [2.45, 2.75) is 13.3 Å². The van der Waals surface area contributed by atoms with Crippen LogP contribution in [0.2, 0.25) is 0 Å². The fourth-order valence-corrected chi connectivity index (χ4v) is 4.75. The average molecular weight is 463 g/mol. The molecule has 32 heavy (non-hydrogen) atoms. The maximum atomic E-state index is 13.3. The van der Waals surface area contributed by atoms with Crippen LogP contribution in [0.15, 0.2) is 71.0 Å². The fourth-order valence-electron chi connectivity index (χ4n) is 3.45. The molecule has 1 saturated heterocycles. The van der Waals surface area contributed by atoms with Gasteiger partial charge in [0.25, 0.3) is 11.5 Å². The van der Waals surface area contributed by atoms with Crippen molar-refractivity contribution < 1.29 is 4.79 Å². The Morgan fingerprint density at radius 3 is 2.72 bits per heavy atom. The van der Waals surface area contributed by atoms with E-state index in [0.29, 0.717) is 45.8 Å². The minimum atomic E-state index is -0.250. The lowest BCUT2D eigenvalue weighted by atomic mass is 10.1. The molecule has 162 valence electrons. The molecule has 0 atom stereocenters. The molecule has 3 heterocycles. The van der Waals surface area contributed by atoms with Gasteiger partial charge in [0.15, 0.2) is 0 Å². The maximum Gasteiger partial charge on any atom is 0.267 e. The van der Waals surface area contributed by atoms with Gasteiger partial charge in [0, 0.05) is 19.3 Å². The number of carbonyl (C=O) groups excluding carboxylic acids is 1. The van der Waals surface area contributed by atoms with Gasteiger partial charge in [-0.3, -0.25) is 18.9 Å². The van der Waals surface area contributed by atoms with E-state index in [-0.39, 0.29) is 11.5 Å². The molecule has 6 nitrogen and oxygen atoms in total. The summed E-state index contributed by atoms with van der Waals surface area (Å²) in [6, 6.07) is 13.6. The van der Waals surface area contributed by atoms with Crippen LogP contribution in [0.3, 0.4) is 0 Å². The highest BCUT2D eigenvalue weighted by atomic mass is 32.2. The lowest BCUT2D eigenvalue weighted by Crippen LogP contribution is -2.30. The zero-order valence-electron chi connectivity index (χ0n) is 17.6. The van der Waals surface area contributed by atoms with Crippen molar-refractivity contribution in [2.24, 2.45) is 0 Å². The lowest BCUT2D eigenvalue weighted by Gasteiger charge is -2.14. The molecule has 0 aliphatic carbocycles. The largest absolute Gasteiger partial charge is 0.366 e. The number of thioether (sulfide) groups is 1. The molecule has 1 aliphatic heterocycles. The summed E-state index contributed by atoms with van der Waals surface area (Å²) in [5, 5.41) is 3.13. The van der Waals surface area contributed by atoms with Crippen LogP contribution in [0.4, 0.5) is 5.82 Å². The summed E-state index contributed by atoms with van der Waals surface area (Å²) in [5.41, 5.74) is 2.65. The van der Waals surface area contributed by atoms with Crippen LogP contribution in [0.5, 0.6) is 0 Å².